The van der Waals surface area contributed by atoms with Gasteiger partial charge in [0.15, 0.2) is 6.29 Å². The van der Waals surface area contributed by atoms with E-state index < -0.39 is 48.1 Å². The number of nitrogens with zero attached hydrogens (tertiary/aromatic N) is 3. The number of benzene rings is 1. The molecule has 1 aromatic rings. The molecule has 1 aromatic carbocycles. The van der Waals surface area contributed by atoms with E-state index in [1.807, 2.05) is 6.92 Å². The summed E-state index contributed by atoms with van der Waals surface area (Å²) in [5.74, 6) is 0. The minimum atomic E-state index is -5.84. The zero-order chi connectivity index (χ0) is 30.8. The molecule has 234 valence electrons. The van der Waals surface area contributed by atoms with Gasteiger partial charge in [0.2, 0.25) is 0 Å². The van der Waals surface area contributed by atoms with Crippen LogP contribution in [-0.2, 0) is 17.5 Å². The first-order valence-corrected chi connectivity index (χ1v) is 12.7. The van der Waals surface area contributed by atoms with E-state index in [0.29, 0.717) is 37.2 Å². The van der Waals surface area contributed by atoms with Crippen LogP contribution in [0.2, 0.25) is 0 Å². The van der Waals surface area contributed by atoms with Crippen LogP contribution in [0.3, 0.4) is 0 Å². The van der Waals surface area contributed by atoms with Crippen molar-refractivity contribution in [1.82, 2.24) is 15.1 Å². The van der Waals surface area contributed by atoms with Crippen molar-refractivity contribution < 1.29 is 59.3 Å². The molecule has 3 N–H and O–H groups in total. The summed E-state index contributed by atoms with van der Waals surface area (Å²) in [7, 11) is 0. The van der Waals surface area contributed by atoms with Gasteiger partial charge in [-0.25, -0.2) is 4.79 Å². The maximum atomic E-state index is 13.5. The van der Waals surface area contributed by atoms with Crippen LogP contribution in [0.15, 0.2) is 18.2 Å². The minimum absolute atomic E-state index is 0.0315. The summed E-state index contributed by atoms with van der Waals surface area (Å²) in [5, 5.41) is 21.3. The van der Waals surface area contributed by atoms with E-state index in [0.717, 1.165) is 17.0 Å². The Kier molecular flexibility index (Phi) is 9.97. The van der Waals surface area contributed by atoms with E-state index in [2.05, 4.69) is 10.1 Å². The number of amides is 1. The van der Waals surface area contributed by atoms with Crippen LogP contribution >= 0.6 is 0 Å². The third-order valence-corrected chi connectivity index (χ3v) is 7.17. The quantitative estimate of drug-likeness (QED) is 0.321. The highest BCUT2D eigenvalue weighted by atomic mass is 19.4. The molecule has 2 heterocycles. The van der Waals surface area contributed by atoms with E-state index in [9.17, 15) is 44.3 Å². The molecule has 0 radical (unpaired) electrons. The van der Waals surface area contributed by atoms with Crippen LogP contribution in [0.25, 0.3) is 0 Å². The average Bonchev–Trinajstić information content (AvgIpc) is 2.85. The Morgan fingerprint density at radius 2 is 1.51 bits per heavy atom. The second-order valence-electron chi connectivity index (χ2n) is 10.4. The first-order valence-electron chi connectivity index (χ1n) is 12.7. The van der Waals surface area contributed by atoms with E-state index in [1.165, 1.54) is 6.07 Å². The number of nitrogens with one attached hydrogen (secondary N) is 1. The smallest absolute Gasteiger partial charge is 0.426 e. The number of hydrogen-bond acceptors (Lipinski definition) is 7. The number of carbonyl (C=O) groups is 1. The van der Waals surface area contributed by atoms with Crippen molar-refractivity contribution in [3.8, 4) is 0 Å². The number of aliphatic hydroxyl groups excluding tert-OH is 1. The van der Waals surface area contributed by atoms with Crippen LogP contribution in [0.4, 0.5) is 50.0 Å². The number of aliphatic hydroxyl groups is 2. The molecule has 2 fully saturated rings. The van der Waals surface area contributed by atoms with Crippen LogP contribution < -0.4 is 10.2 Å². The Morgan fingerprint density at radius 3 is 2.00 bits per heavy atom. The van der Waals surface area contributed by atoms with Crippen molar-refractivity contribution in [1.29, 1.82) is 0 Å². The van der Waals surface area contributed by atoms with Gasteiger partial charge in [0.1, 0.15) is 0 Å². The summed E-state index contributed by atoms with van der Waals surface area (Å²) < 4.78 is 121. The number of ether oxygens (including phenoxy) is 1. The molecule has 0 bridgehead atoms. The Bertz CT molecular complexity index is 1020. The fourth-order valence-corrected chi connectivity index (χ4v) is 4.75. The first kappa shape index (κ1) is 33.0. The predicted octanol–water partition coefficient (Wildman–Crippen LogP) is 3.71. The van der Waals surface area contributed by atoms with Crippen molar-refractivity contribution >= 4 is 11.8 Å². The largest absolute Gasteiger partial charge is 0.434 e. The first-order chi connectivity index (χ1) is 18.8. The summed E-state index contributed by atoms with van der Waals surface area (Å²) in [4.78, 5) is 16.3. The van der Waals surface area contributed by atoms with Crippen molar-refractivity contribution in [2.45, 2.75) is 62.8 Å². The summed E-state index contributed by atoms with van der Waals surface area (Å²) in [6, 6.07) is 3.29. The summed E-state index contributed by atoms with van der Waals surface area (Å²) in [6.45, 7) is 2.20. The van der Waals surface area contributed by atoms with E-state index in [4.69, 9.17) is 10.2 Å². The SMILES string of the molecule is CC1(NCC(O)O)CCN(c2cc(C(F)(F)F)ccc2CN2CCN(C(=O)OC(C(F)(F)F)C(F)(F)F)CC2)CC1. The highest BCUT2D eigenvalue weighted by Crippen LogP contribution is 2.37. The lowest BCUT2D eigenvalue weighted by Gasteiger charge is -2.42. The Labute approximate surface area is 229 Å². The predicted molar refractivity (Wildman–Crippen MR) is 127 cm³/mol. The van der Waals surface area contributed by atoms with Crippen molar-refractivity contribution in [3.05, 3.63) is 29.3 Å². The maximum Gasteiger partial charge on any atom is 0.434 e. The molecule has 8 nitrogen and oxygen atoms in total. The summed E-state index contributed by atoms with van der Waals surface area (Å²) >= 11 is 0. The lowest BCUT2D eigenvalue weighted by Crippen LogP contribution is -2.53. The van der Waals surface area contributed by atoms with Gasteiger partial charge in [0.25, 0.3) is 6.10 Å². The molecular formula is C24H31F9N4O4. The molecule has 0 spiro atoms. The number of rotatable bonds is 7. The topological polar surface area (TPSA) is 88.5 Å². The number of hydrogen-bond donors (Lipinski definition) is 3. The molecule has 1 amide bonds. The molecule has 2 saturated heterocycles. The lowest BCUT2D eigenvalue weighted by atomic mass is 9.89. The number of carbonyl (C=O) groups excluding carboxylic acids is 1. The van der Waals surface area contributed by atoms with Gasteiger partial charge in [0, 0.05) is 63.6 Å². The normalized spacial score (nSPS) is 19.3. The molecule has 0 unspecified atom stereocenters. The standard InChI is InChI=1S/C24H31F9N4O4/c1-21(34-13-18(38)39)4-6-36(7-5-21)17-12-16(22(25,26)27)3-2-15(17)14-35-8-10-37(11-9-35)20(40)41-19(23(28,29)30)24(31,32)33/h2-3,12,18-19,34,38-39H,4-11,13-14H2,1H3. The Hall–Kier alpha value is -2.50. The molecule has 2 aliphatic rings. The lowest BCUT2D eigenvalue weighted by molar-refractivity contribution is -0.308. The fraction of sp³-hybridized carbons (Fsp3) is 0.708. The van der Waals surface area contributed by atoms with Crippen LogP contribution in [-0.4, -0.2) is 102 Å². The summed E-state index contributed by atoms with van der Waals surface area (Å²) in [6.07, 6.45) is -22.9. The van der Waals surface area contributed by atoms with Crippen LogP contribution in [0, 0.1) is 0 Å². The van der Waals surface area contributed by atoms with Gasteiger partial charge in [-0.3, -0.25) is 4.90 Å². The molecule has 2 aliphatic heterocycles. The average molecular weight is 611 g/mol. The molecular weight excluding hydrogens is 579 g/mol. The van der Waals surface area contributed by atoms with Gasteiger partial charge in [0.05, 0.1) is 5.56 Å². The maximum absolute atomic E-state index is 13.5. The number of halogens is 9. The number of anilines is 1. The molecule has 41 heavy (non-hydrogen) atoms. The van der Waals surface area contributed by atoms with E-state index in [1.54, 1.807) is 9.80 Å². The molecule has 3 rings (SSSR count). The molecule has 0 saturated carbocycles. The van der Waals surface area contributed by atoms with Crippen LogP contribution in [0.1, 0.15) is 30.9 Å². The third kappa shape index (κ3) is 8.99. The van der Waals surface area contributed by atoms with Crippen molar-refractivity contribution in [2.75, 3.05) is 50.7 Å². The fourth-order valence-electron chi connectivity index (χ4n) is 4.75. The van der Waals surface area contributed by atoms with Gasteiger partial charge in [-0.15, -0.1) is 0 Å². The van der Waals surface area contributed by atoms with Crippen molar-refractivity contribution in [3.63, 3.8) is 0 Å². The molecule has 0 aliphatic carbocycles. The zero-order valence-corrected chi connectivity index (χ0v) is 21.9. The second kappa shape index (κ2) is 12.4. The highest BCUT2D eigenvalue weighted by molar-refractivity contribution is 5.68. The number of piperazine rings is 1. The number of alkyl halides is 9. The monoisotopic (exact) mass is 610 g/mol. The Morgan fingerprint density at radius 1 is 0.951 bits per heavy atom. The van der Waals surface area contributed by atoms with Gasteiger partial charge in [-0.05, 0) is 37.5 Å². The van der Waals surface area contributed by atoms with Crippen molar-refractivity contribution in [2.24, 2.45) is 0 Å². The van der Waals surface area contributed by atoms with Gasteiger partial charge in [-0.2, -0.15) is 39.5 Å². The van der Waals surface area contributed by atoms with Gasteiger partial charge < -0.3 is 30.1 Å². The Balaban J connectivity index is 1.68. The highest BCUT2D eigenvalue weighted by Gasteiger charge is 2.60. The molecule has 0 aromatic heterocycles. The molecule has 0 atom stereocenters. The van der Waals surface area contributed by atoms with Crippen LogP contribution in [0.5, 0.6) is 0 Å². The molecule has 17 heteroatoms. The van der Waals surface area contributed by atoms with E-state index >= 15 is 0 Å². The summed E-state index contributed by atoms with van der Waals surface area (Å²) in [5.41, 5.74) is -0.485. The number of β-amino-alcohol motifs (C(OH)–C–C–N with tert-alkyl or cyclic N) is 2. The van der Waals surface area contributed by atoms with Gasteiger partial charge >= 0.3 is 24.6 Å². The van der Waals surface area contributed by atoms with Gasteiger partial charge in [-0.1, -0.05) is 6.07 Å². The minimum Gasteiger partial charge on any atom is -0.426 e. The number of piperidine rings is 1. The second-order valence-corrected chi connectivity index (χ2v) is 10.4. The van der Waals surface area contributed by atoms with E-state index in [-0.39, 0.29) is 39.3 Å². The third-order valence-electron chi connectivity index (χ3n) is 7.17. The zero-order valence-electron chi connectivity index (χ0n) is 21.9.